The third-order valence-corrected chi connectivity index (χ3v) is 5.94. The molecule has 8 heteroatoms. The van der Waals surface area contributed by atoms with Crippen molar-refractivity contribution in [1.82, 2.24) is 10.5 Å². The summed E-state index contributed by atoms with van der Waals surface area (Å²) in [5.41, 5.74) is 4.68. The number of carbonyl (C=O) groups is 1. The van der Waals surface area contributed by atoms with E-state index in [1.54, 1.807) is 6.92 Å². The molecule has 1 aromatic heterocycles. The summed E-state index contributed by atoms with van der Waals surface area (Å²) in [5.74, 6) is -0.800. The molecule has 154 valence electrons. The number of thiocarbonyl (C=S) groups is 1. The minimum Gasteiger partial charge on any atom is -0.463 e. The molecule has 0 amide bonds. The average molecular weight is 416 g/mol. The summed E-state index contributed by atoms with van der Waals surface area (Å²) < 4.78 is 9.83. The van der Waals surface area contributed by atoms with Crippen molar-refractivity contribution in [3.8, 4) is 0 Å². The van der Waals surface area contributed by atoms with Crippen LogP contribution >= 0.6 is 12.2 Å². The molecule has 1 atom stereocenters. The van der Waals surface area contributed by atoms with Crippen molar-refractivity contribution >= 4 is 29.0 Å². The summed E-state index contributed by atoms with van der Waals surface area (Å²) in [6.07, 6.45) is 7.90. The zero-order chi connectivity index (χ0) is 20.4. The maximum absolute atomic E-state index is 12.4. The summed E-state index contributed by atoms with van der Waals surface area (Å²) in [5, 5.41) is 21.3. The fourth-order valence-corrected chi connectivity index (χ4v) is 4.45. The van der Waals surface area contributed by atoms with Crippen molar-refractivity contribution in [2.45, 2.75) is 51.0 Å². The second-order valence-electron chi connectivity index (χ2n) is 7.51. The number of benzene rings is 1. The Hall–Kier alpha value is -2.45. The number of hydrogen-bond acceptors (Lipinski definition) is 6. The smallest absolute Gasteiger partial charge is 0.346 e. The number of carbonyl (C=O) groups excluding carboxylic acids is 1. The van der Waals surface area contributed by atoms with Gasteiger partial charge in [0.1, 0.15) is 12.0 Å². The van der Waals surface area contributed by atoms with Crippen molar-refractivity contribution < 1.29 is 19.2 Å². The molecule has 1 heterocycles. The fourth-order valence-electron chi connectivity index (χ4n) is 4.28. The molecule has 0 aliphatic heterocycles. The lowest BCUT2D eigenvalue weighted by molar-refractivity contribution is -0.166. The Balaban J connectivity index is 1.51. The molecule has 7 nitrogen and oxygen atoms in total. The van der Waals surface area contributed by atoms with Crippen LogP contribution in [0.4, 0.5) is 5.69 Å². The van der Waals surface area contributed by atoms with Gasteiger partial charge in [-0.05, 0) is 79.9 Å². The SMILES string of the molecule is CCOC(=O)C(O)(CNC(=S)Nc1c2c(cc3c1CCC3)CCC2)c1ccon1. The first kappa shape index (κ1) is 19.8. The Kier molecular flexibility index (Phi) is 5.56. The largest absolute Gasteiger partial charge is 0.463 e. The van der Waals surface area contributed by atoms with Crippen LogP contribution in [0, 0.1) is 0 Å². The normalized spacial score (nSPS) is 16.6. The summed E-state index contributed by atoms with van der Waals surface area (Å²) in [4.78, 5) is 12.4. The molecule has 29 heavy (non-hydrogen) atoms. The lowest BCUT2D eigenvalue weighted by atomic mass is 9.98. The molecule has 1 unspecified atom stereocenters. The minimum atomic E-state index is -1.99. The van der Waals surface area contributed by atoms with Crippen LogP contribution in [0.15, 0.2) is 22.9 Å². The van der Waals surface area contributed by atoms with E-state index in [2.05, 4.69) is 21.9 Å². The highest BCUT2D eigenvalue weighted by atomic mass is 32.1. The van der Waals surface area contributed by atoms with Crippen LogP contribution in [-0.4, -0.2) is 34.5 Å². The average Bonchev–Trinajstić information content (AvgIpc) is 3.46. The second kappa shape index (κ2) is 8.12. The van der Waals surface area contributed by atoms with E-state index in [1.807, 2.05) is 0 Å². The molecule has 0 spiro atoms. The lowest BCUT2D eigenvalue weighted by Gasteiger charge is -2.25. The third kappa shape index (κ3) is 3.74. The van der Waals surface area contributed by atoms with Crippen LogP contribution in [0.3, 0.4) is 0 Å². The summed E-state index contributed by atoms with van der Waals surface area (Å²) in [7, 11) is 0. The number of ether oxygens (including phenoxy) is 1. The summed E-state index contributed by atoms with van der Waals surface area (Å²) in [6.45, 7) is 1.64. The Bertz CT molecular complexity index is 896. The first-order valence-electron chi connectivity index (χ1n) is 10.0. The molecule has 0 radical (unpaired) electrons. The molecule has 0 fully saturated rings. The van der Waals surface area contributed by atoms with Gasteiger partial charge in [-0.25, -0.2) is 4.79 Å². The van der Waals surface area contributed by atoms with Gasteiger partial charge < -0.3 is 25.0 Å². The Morgan fingerprint density at radius 3 is 2.55 bits per heavy atom. The first-order valence-corrected chi connectivity index (χ1v) is 10.5. The molecule has 2 aliphatic carbocycles. The van der Waals surface area contributed by atoms with E-state index in [4.69, 9.17) is 21.5 Å². The number of rotatable bonds is 6. The van der Waals surface area contributed by atoms with E-state index in [1.165, 1.54) is 34.6 Å². The predicted octanol–water partition coefficient (Wildman–Crippen LogP) is 2.39. The van der Waals surface area contributed by atoms with Gasteiger partial charge in [-0.1, -0.05) is 11.2 Å². The highest BCUT2D eigenvalue weighted by molar-refractivity contribution is 7.80. The lowest BCUT2D eigenvalue weighted by Crippen LogP contribution is -2.48. The maximum Gasteiger partial charge on any atom is 0.346 e. The number of fused-ring (bicyclic) bond motifs is 2. The Morgan fingerprint density at radius 1 is 1.28 bits per heavy atom. The second-order valence-corrected chi connectivity index (χ2v) is 7.92. The zero-order valence-corrected chi connectivity index (χ0v) is 17.2. The van der Waals surface area contributed by atoms with Gasteiger partial charge in [0.25, 0.3) is 0 Å². The van der Waals surface area contributed by atoms with Gasteiger partial charge in [0, 0.05) is 11.8 Å². The van der Waals surface area contributed by atoms with Gasteiger partial charge in [-0.2, -0.15) is 0 Å². The number of nitrogens with one attached hydrogen (secondary N) is 2. The minimum absolute atomic E-state index is 0.0766. The predicted molar refractivity (Wildman–Crippen MR) is 112 cm³/mol. The van der Waals surface area contributed by atoms with E-state index < -0.39 is 11.6 Å². The van der Waals surface area contributed by atoms with Gasteiger partial charge in [0.15, 0.2) is 5.11 Å². The Morgan fingerprint density at radius 2 is 1.97 bits per heavy atom. The number of nitrogens with zero attached hydrogens (tertiary/aromatic N) is 1. The van der Waals surface area contributed by atoms with Crippen molar-refractivity contribution in [3.05, 3.63) is 46.3 Å². The zero-order valence-electron chi connectivity index (χ0n) is 16.4. The van der Waals surface area contributed by atoms with E-state index in [9.17, 15) is 9.90 Å². The van der Waals surface area contributed by atoms with Gasteiger partial charge in [-0.15, -0.1) is 0 Å². The molecule has 2 aromatic rings. The summed E-state index contributed by atoms with van der Waals surface area (Å²) >= 11 is 5.50. The molecule has 0 bridgehead atoms. The van der Waals surface area contributed by atoms with Gasteiger partial charge >= 0.3 is 5.97 Å². The number of aryl methyl sites for hydroxylation is 2. The standard InChI is InChI=1S/C21H25N3O4S/c1-2-27-19(25)21(26,17-9-10-28-24-17)12-22-20(29)23-18-15-7-3-5-13(15)11-14-6-4-8-16(14)18/h9-11,26H,2-8,12H2,1H3,(H2,22,23,29). The maximum atomic E-state index is 12.4. The van der Waals surface area contributed by atoms with Gasteiger partial charge in [0.2, 0.25) is 5.60 Å². The van der Waals surface area contributed by atoms with E-state index >= 15 is 0 Å². The molecule has 2 aliphatic rings. The van der Waals surface area contributed by atoms with Crippen molar-refractivity contribution in [1.29, 1.82) is 0 Å². The molecule has 4 rings (SSSR count). The monoisotopic (exact) mass is 415 g/mol. The Labute approximate surface area is 174 Å². The number of aliphatic hydroxyl groups is 1. The van der Waals surface area contributed by atoms with Gasteiger partial charge in [-0.3, -0.25) is 0 Å². The number of aromatic nitrogens is 1. The fraction of sp³-hybridized carbons (Fsp3) is 0.476. The number of anilines is 1. The number of esters is 1. The molecule has 0 saturated carbocycles. The van der Waals surface area contributed by atoms with Crippen molar-refractivity contribution in [2.24, 2.45) is 0 Å². The highest BCUT2D eigenvalue weighted by Gasteiger charge is 2.42. The van der Waals surface area contributed by atoms with Crippen LogP contribution < -0.4 is 10.6 Å². The topological polar surface area (TPSA) is 96.6 Å². The van der Waals surface area contributed by atoms with E-state index in [-0.39, 0.29) is 18.8 Å². The molecule has 0 saturated heterocycles. The van der Waals surface area contributed by atoms with Crippen LogP contribution in [0.25, 0.3) is 0 Å². The molecular formula is C21H25N3O4S. The van der Waals surface area contributed by atoms with Crippen LogP contribution in [0.2, 0.25) is 0 Å². The quantitative estimate of drug-likeness (QED) is 0.489. The van der Waals surface area contributed by atoms with Crippen LogP contribution in [0.1, 0.15) is 47.7 Å². The molecule has 1 aromatic carbocycles. The van der Waals surface area contributed by atoms with Gasteiger partial charge in [0.05, 0.1) is 13.2 Å². The third-order valence-electron chi connectivity index (χ3n) is 5.69. The number of hydrogen-bond donors (Lipinski definition) is 3. The van der Waals surface area contributed by atoms with E-state index in [0.717, 1.165) is 44.2 Å². The molecule has 3 N–H and O–H groups in total. The molecular weight excluding hydrogens is 390 g/mol. The first-order chi connectivity index (χ1) is 14.0. The summed E-state index contributed by atoms with van der Waals surface area (Å²) in [6, 6.07) is 3.79. The van der Waals surface area contributed by atoms with Crippen LogP contribution in [-0.2, 0) is 40.8 Å². The van der Waals surface area contributed by atoms with Crippen molar-refractivity contribution in [3.63, 3.8) is 0 Å². The highest BCUT2D eigenvalue weighted by Crippen LogP contribution is 2.38. The van der Waals surface area contributed by atoms with Crippen molar-refractivity contribution in [2.75, 3.05) is 18.5 Å². The van der Waals surface area contributed by atoms with E-state index in [0.29, 0.717) is 5.11 Å². The van der Waals surface area contributed by atoms with Crippen LogP contribution in [0.5, 0.6) is 0 Å².